The predicted molar refractivity (Wildman–Crippen MR) is 89.9 cm³/mol. The van der Waals surface area contributed by atoms with Crippen LogP contribution in [0.2, 0.25) is 0 Å². The smallest absolute Gasteiger partial charge is 0.254 e. The number of ether oxygens (including phenoxy) is 1. The lowest BCUT2D eigenvalue weighted by Gasteiger charge is -2.11. The Morgan fingerprint density at radius 2 is 2.04 bits per heavy atom. The molecule has 1 aromatic carbocycles. The van der Waals surface area contributed by atoms with Crippen LogP contribution in [-0.2, 0) is 6.42 Å². The van der Waals surface area contributed by atoms with E-state index < -0.39 is 0 Å². The Bertz CT molecular complexity index is 620. The molecule has 6 nitrogen and oxygen atoms in total. The molecule has 0 saturated carbocycles. The average Bonchev–Trinajstić information content (AvgIpc) is 2.94. The van der Waals surface area contributed by atoms with Crippen molar-refractivity contribution in [2.24, 2.45) is 0 Å². The van der Waals surface area contributed by atoms with Gasteiger partial charge in [-0.05, 0) is 45.1 Å². The molecule has 2 N–H and O–H groups in total. The predicted octanol–water partition coefficient (Wildman–Crippen LogP) is 1.63. The van der Waals surface area contributed by atoms with Gasteiger partial charge >= 0.3 is 0 Å². The number of nitrogens with one attached hydrogen (secondary N) is 2. The van der Waals surface area contributed by atoms with Crippen LogP contribution in [0.25, 0.3) is 0 Å². The minimum atomic E-state index is -0.0973. The number of hydrogen-bond donors (Lipinski definition) is 2. The number of aromatic nitrogens is 2. The second kappa shape index (κ2) is 8.33. The molecule has 1 heterocycles. The molecule has 6 heteroatoms. The number of aryl methyl sites for hydroxylation is 1. The zero-order chi connectivity index (χ0) is 16.7. The van der Waals surface area contributed by atoms with Crippen LogP contribution < -0.4 is 10.1 Å². The Hall–Kier alpha value is -2.34. The van der Waals surface area contributed by atoms with Gasteiger partial charge < -0.3 is 15.0 Å². The number of rotatable bonds is 8. The van der Waals surface area contributed by atoms with Gasteiger partial charge in [-0.1, -0.05) is 12.1 Å². The Morgan fingerprint density at radius 3 is 2.65 bits per heavy atom. The summed E-state index contributed by atoms with van der Waals surface area (Å²) >= 11 is 0. The fourth-order valence-corrected chi connectivity index (χ4v) is 2.09. The standard InChI is InChI=1S/C17H24N4O2/c1-13-16(12-19-20-13)17(22)18-9-8-14-4-6-15(7-5-14)23-11-10-21(2)3/h4-7,12H,8-11H2,1-3H3,(H,18,22)(H,19,20). The monoisotopic (exact) mass is 316 g/mol. The minimum Gasteiger partial charge on any atom is -0.492 e. The van der Waals surface area contributed by atoms with Crippen LogP contribution in [0.5, 0.6) is 5.75 Å². The first-order valence-corrected chi connectivity index (χ1v) is 7.71. The number of H-pyrrole nitrogens is 1. The SMILES string of the molecule is Cc1[nH]ncc1C(=O)NCCc1ccc(OCCN(C)C)cc1. The second-order valence-electron chi connectivity index (χ2n) is 5.71. The number of amides is 1. The fourth-order valence-electron chi connectivity index (χ4n) is 2.09. The van der Waals surface area contributed by atoms with Gasteiger partial charge in [-0.15, -0.1) is 0 Å². The normalized spacial score (nSPS) is 10.8. The van der Waals surface area contributed by atoms with Gasteiger partial charge in [0.05, 0.1) is 11.8 Å². The van der Waals surface area contributed by atoms with E-state index in [1.165, 1.54) is 0 Å². The third kappa shape index (κ3) is 5.41. The maximum Gasteiger partial charge on any atom is 0.254 e. The molecule has 0 aliphatic heterocycles. The molecular weight excluding hydrogens is 292 g/mol. The quantitative estimate of drug-likeness (QED) is 0.776. The van der Waals surface area contributed by atoms with Crippen LogP contribution >= 0.6 is 0 Å². The molecule has 2 rings (SSSR count). The number of hydrogen-bond acceptors (Lipinski definition) is 4. The van der Waals surface area contributed by atoms with Crippen molar-refractivity contribution in [1.82, 2.24) is 20.4 Å². The molecule has 0 bridgehead atoms. The van der Waals surface area contributed by atoms with Crippen molar-refractivity contribution in [1.29, 1.82) is 0 Å². The molecule has 0 aliphatic carbocycles. The second-order valence-corrected chi connectivity index (χ2v) is 5.71. The van der Waals surface area contributed by atoms with Gasteiger partial charge in [0.15, 0.2) is 0 Å². The number of aromatic amines is 1. The van der Waals surface area contributed by atoms with Crippen LogP contribution in [-0.4, -0.2) is 54.8 Å². The number of carbonyl (C=O) groups is 1. The number of carbonyl (C=O) groups excluding carboxylic acids is 1. The lowest BCUT2D eigenvalue weighted by Crippen LogP contribution is -2.25. The maximum atomic E-state index is 11.9. The zero-order valence-electron chi connectivity index (χ0n) is 13.9. The molecule has 124 valence electrons. The highest BCUT2D eigenvalue weighted by atomic mass is 16.5. The lowest BCUT2D eigenvalue weighted by molar-refractivity contribution is 0.0953. The van der Waals surface area contributed by atoms with Gasteiger partial charge in [-0.3, -0.25) is 9.89 Å². The molecule has 0 saturated heterocycles. The van der Waals surface area contributed by atoms with Gasteiger partial charge in [-0.25, -0.2) is 0 Å². The van der Waals surface area contributed by atoms with E-state index in [1.54, 1.807) is 6.20 Å². The molecule has 0 radical (unpaired) electrons. The molecule has 0 unspecified atom stereocenters. The van der Waals surface area contributed by atoms with Crippen molar-refractivity contribution >= 4 is 5.91 Å². The van der Waals surface area contributed by atoms with Crippen LogP contribution in [0.3, 0.4) is 0 Å². The Balaban J connectivity index is 1.74. The number of benzene rings is 1. The molecule has 1 amide bonds. The summed E-state index contributed by atoms with van der Waals surface area (Å²) in [7, 11) is 4.04. The summed E-state index contributed by atoms with van der Waals surface area (Å²) in [5.41, 5.74) is 2.53. The number of likely N-dealkylation sites (N-methyl/N-ethyl adjacent to an activating group) is 1. The maximum absolute atomic E-state index is 11.9. The van der Waals surface area contributed by atoms with Crippen LogP contribution in [0.15, 0.2) is 30.5 Å². The van der Waals surface area contributed by atoms with E-state index in [2.05, 4.69) is 20.4 Å². The van der Waals surface area contributed by atoms with Gasteiger partial charge in [0.2, 0.25) is 0 Å². The highest BCUT2D eigenvalue weighted by Gasteiger charge is 2.09. The van der Waals surface area contributed by atoms with Crippen molar-refractivity contribution in [3.63, 3.8) is 0 Å². The van der Waals surface area contributed by atoms with Gasteiger partial charge in [-0.2, -0.15) is 5.10 Å². The highest BCUT2D eigenvalue weighted by Crippen LogP contribution is 2.12. The summed E-state index contributed by atoms with van der Waals surface area (Å²) in [5.74, 6) is 0.772. The summed E-state index contributed by atoms with van der Waals surface area (Å²) in [6.45, 7) is 3.98. The summed E-state index contributed by atoms with van der Waals surface area (Å²) < 4.78 is 5.65. The molecule has 1 aromatic heterocycles. The van der Waals surface area contributed by atoms with E-state index in [9.17, 15) is 4.79 Å². The van der Waals surface area contributed by atoms with Crippen molar-refractivity contribution < 1.29 is 9.53 Å². The van der Waals surface area contributed by atoms with E-state index in [0.29, 0.717) is 18.7 Å². The van der Waals surface area contributed by atoms with E-state index in [-0.39, 0.29) is 5.91 Å². The lowest BCUT2D eigenvalue weighted by atomic mass is 10.1. The Morgan fingerprint density at radius 1 is 1.30 bits per heavy atom. The summed E-state index contributed by atoms with van der Waals surface area (Å²) in [6.07, 6.45) is 2.32. The summed E-state index contributed by atoms with van der Waals surface area (Å²) in [6, 6.07) is 7.99. The van der Waals surface area contributed by atoms with Gasteiger partial charge in [0, 0.05) is 18.8 Å². The first-order chi connectivity index (χ1) is 11.1. The van der Waals surface area contributed by atoms with Crippen molar-refractivity contribution in [3.05, 3.63) is 47.3 Å². The molecule has 23 heavy (non-hydrogen) atoms. The molecular formula is C17H24N4O2. The van der Waals surface area contributed by atoms with E-state index >= 15 is 0 Å². The van der Waals surface area contributed by atoms with Crippen LogP contribution in [0.1, 0.15) is 21.6 Å². The Labute approximate surface area is 136 Å². The van der Waals surface area contributed by atoms with Gasteiger partial charge in [0.25, 0.3) is 5.91 Å². The van der Waals surface area contributed by atoms with Crippen molar-refractivity contribution in [3.8, 4) is 5.75 Å². The molecule has 0 aliphatic rings. The van der Waals surface area contributed by atoms with Crippen LogP contribution in [0.4, 0.5) is 0 Å². The molecule has 0 spiro atoms. The van der Waals surface area contributed by atoms with E-state index in [0.717, 1.165) is 30.0 Å². The first kappa shape index (κ1) is 17.0. The summed E-state index contributed by atoms with van der Waals surface area (Å²) in [4.78, 5) is 14.0. The van der Waals surface area contributed by atoms with E-state index in [1.807, 2.05) is 45.3 Å². The van der Waals surface area contributed by atoms with Crippen molar-refractivity contribution in [2.45, 2.75) is 13.3 Å². The third-order valence-corrected chi connectivity index (χ3v) is 3.50. The third-order valence-electron chi connectivity index (χ3n) is 3.50. The fraction of sp³-hybridized carbons (Fsp3) is 0.412. The molecule has 0 fully saturated rings. The highest BCUT2D eigenvalue weighted by molar-refractivity contribution is 5.94. The Kier molecular flexibility index (Phi) is 6.17. The first-order valence-electron chi connectivity index (χ1n) is 7.71. The molecule has 2 aromatic rings. The number of nitrogens with zero attached hydrogens (tertiary/aromatic N) is 2. The van der Waals surface area contributed by atoms with Crippen molar-refractivity contribution in [2.75, 3.05) is 33.8 Å². The van der Waals surface area contributed by atoms with E-state index in [4.69, 9.17) is 4.74 Å². The average molecular weight is 316 g/mol. The summed E-state index contributed by atoms with van der Waals surface area (Å²) in [5, 5.41) is 9.51. The zero-order valence-corrected chi connectivity index (χ0v) is 13.9. The van der Waals surface area contributed by atoms with Gasteiger partial charge in [0.1, 0.15) is 12.4 Å². The largest absolute Gasteiger partial charge is 0.492 e. The topological polar surface area (TPSA) is 70.2 Å². The van der Waals surface area contributed by atoms with Crippen LogP contribution in [0, 0.1) is 6.92 Å². The molecule has 0 atom stereocenters. The minimum absolute atomic E-state index is 0.0973.